The summed E-state index contributed by atoms with van der Waals surface area (Å²) in [5, 5.41) is 12.2. The first-order chi connectivity index (χ1) is 15.5. The Morgan fingerprint density at radius 2 is 1.73 bits per heavy atom. The maximum absolute atomic E-state index is 13.7. The number of carbonyl (C=O) groups is 3. The second-order valence-electron chi connectivity index (χ2n) is 9.93. The van der Waals surface area contributed by atoms with Crippen LogP contribution in [-0.4, -0.2) is 67.4 Å². The van der Waals surface area contributed by atoms with Crippen LogP contribution in [0, 0.1) is 5.41 Å². The fourth-order valence-electron chi connectivity index (χ4n) is 4.12. The second kappa shape index (κ2) is 11.6. The van der Waals surface area contributed by atoms with Crippen molar-refractivity contribution in [3.8, 4) is 0 Å². The Morgan fingerprint density at radius 1 is 1.09 bits per heavy atom. The average molecular weight is 460 g/mol. The van der Waals surface area contributed by atoms with Crippen molar-refractivity contribution >= 4 is 17.7 Å². The van der Waals surface area contributed by atoms with Gasteiger partial charge in [-0.2, -0.15) is 0 Å². The first-order valence-corrected chi connectivity index (χ1v) is 11.8. The van der Waals surface area contributed by atoms with Crippen molar-refractivity contribution < 1.29 is 14.4 Å². The first-order valence-electron chi connectivity index (χ1n) is 11.8. The molecule has 2 rings (SSSR count). The Hall–Kier alpha value is -2.45. The van der Waals surface area contributed by atoms with Crippen molar-refractivity contribution in [3.63, 3.8) is 0 Å². The van der Waals surface area contributed by atoms with E-state index in [0.29, 0.717) is 13.0 Å². The van der Waals surface area contributed by atoms with E-state index in [1.165, 1.54) is 0 Å². The number of hydrogen-bond acceptors (Lipinski definition) is 5. The monoisotopic (exact) mass is 459 g/mol. The van der Waals surface area contributed by atoms with E-state index in [9.17, 15) is 14.4 Å². The van der Waals surface area contributed by atoms with Gasteiger partial charge < -0.3 is 26.2 Å². The lowest BCUT2D eigenvalue weighted by molar-refractivity contribution is -0.144. The predicted molar refractivity (Wildman–Crippen MR) is 130 cm³/mol. The van der Waals surface area contributed by atoms with Crippen LogP contribution in [0.4, 0.5) is 0 Å². The van der Waals surface area contributed by atoms with Gasteiger partial charge in [0, 0.05) is 12.6 Å². The molecule has 0 radical (unpaired) electrons. The Labute approximate surface area is 198 Å². The van der Waals surface area contributed by atoms with Crippen molar-refractivity contribution in [2.75, 3.05) is 20.6 Å². The van der Waals surface area contributed by atoms with Gasteiger partial charge in [0.05, 0.1) is 12.1 Å². The lowest BCUT2D eigenvalue weighted by atomic mass is 9.85. The molecule has 33 heavy (non-hydrogen) atoms. The summed E-state index contributed by atoms with van der Waals surface area (Å²) in [4.78, 5) is 41.3. The number of rotatable bonds is 9. The van der Waals surface area contributed by atoms with E-state index in [-0.39, 0.29) is 29.8 Å². The minimum Gasteiger partial charge on any atom is -0.348 e. The molecule has 1 aromatic rings. The third kappa shape index (κ3) is 6.77. The number of carbonyl (C=O) groups excluding carboxylic acids is 3. The smallest absolute Gasteiger partial charge is 0.246 e. The maximum atomic E-state index is 13.7. The van der Waals surface area contributed by atoms with Gasteiger partial charge in [0.15, 0.2) is 0 Å². The van der Waals surface area contributed by atoms with Gasteiger partial charge in [-0.3, -0.25) is 14.4 Å². The quantitative estimate of drug-likeness (QED) is 0.449. The molecule has 8 nitrogen and oxygen atoms in total. The number of nitrogens with zero attached hydrogens (tertiary/aromatic N) is 1. The van der Waals surface area contributed by atoms with E-state index in [1.807, 2.05) is 65.1 Å². The number of nitrogens with one attached hydrogen (secondary N) is 4. The molecule has 0 aliphatic carbocycles. The number of benzene rings is 1. The summed E-state index contributed by atoms with van der Waals surface area (Å²) >= 11 is 0. The topological polar surface area (TPSA) is 103 Å². The molecule has 4 N–H and O–H groups in total. The van der Waals surface area contributed by atoms with Gasteiger partial charge in [-0.1, -0.05) is 58.0 Å². The maximum Gasteiger partial charge on any atom is 0.246 e. The number of hydrogen-bond donors (Lipinski definition) is 4. The fourth-order valence-corrected chi connectivity index (χ4v) is 4.12. The number of amides is 3. The minimum absolute atomic E-state index is 0.00838. The minimum atomic E-state index is -0.747. The molecule has 1 aliphatic rings. The highest BCUT2D eigenvalue weighted by Gasteiger charge is 2.45. The summed E-state index contributed by atoms with van der Waals surface area (Å²) < 4.78 is 0. The summed E-state index contributed by atoms with van der Waals surface area (Å²) in [6, 6.07) is 7.95. The van der Waals surface area contributed by atoms with Crippen LogP contribution in [0.2, 0.25) is 0 Å². The van der Waals surface area contributed by atoms with Crippen molar-refractivity contribution in [2.24, 2.45) is 5.41 Å². The largest absolute Gasteiger partial charge is 0.348 e. The van der Waals surface area contributed by atoms with Crippen LogP contribution in [0.5, 0.6) is 0 Å². The Morgan fingerprint density at radius 3 is 2.24 bits per heavy atom. The summed E-state index contributed by atoms with van der Waals surface area (Å²) in [6.45, 7) is 9.95. The highest BCUT2D eigenvalue weighted by Crippen LogP contribution is 2.27. The molecule has 0 aromatic heterocycles. The Balaban J connectivity index is 2.26. The van der Waals surface area contributed by atoms with Crippen LogP contribution in [-0.2, 0) is 14.4 Å². The molecule has 5 atom stereocenters. The molecule has 8 heteroatoms. The molecule has 184 valence electrons. The van der Waals surface area contributed by atoms with Crippen molar-refractivity contribution in [1.82, 2.24) is 26.2 Å². The van der Waals surface area contributed by atoms with Crippen molar-refractivity contribution in [2.45, 2.75) is 77.7 Å². The zero-order chi connectivity index (χ0) is 24.8. The van der Waals surface area contributed by atoms with Gasteiger partial charge in [0.25, 0.3) is 0 Å². The zero-order valence-corrected chi connectivity index (χ0v) is 21.1. The van der Waals surface area contributed by atoms with Gasteiger partial charge in [-0.05, 0) is 44.8 Å². The van der Waals surface area contributed by atoms with Gasteiger partial charge >= 0.3 is 0 Å². The average Bonchev–Trinajstić information content (AvgIpc) is 3.24. The van der Waals surface area contributed by atoms with Crippen molar-refractivity contribution in [1.29, 1.82) is 0 Å². The van der Waals surface area contributed by atoms with Gasteiger partial charge in [0.1, 0.15) is 12.1 Å². The molecule has 0 bridgehead atoms. The molecule has 1 aliphatic heterocycles. The van der Waals surface area contributed by atoms with Crippen LogP contribution in [0.25, 0.3) is 0 Å². The normalized spacial score (nSPS) is 21.2. The van der Waals surface area contributed by atoms with Crippen LogP contribution in [0.15, 0.2) is 30.3 Å². The van der Waals surface area contributed by atoms with Crippen LogP contribution in [0.3, 0.4) is 0 Å². The molecule has 3 amide bonds. The number of likely N-dealkylation sites (N-methyl/N-ethyl adjacent to an activating group) is 2. The molecule has 1 aromatic carbocycles. The number of likely N-dealkylation sites (tertiary alicyclic amines) is 1. The highest BCUT2D eigenvalue weighted by molar-refractivity contribution is 5.94. The molecule has 1 saturated heterocycles. The molecule has 0 saturated carbocycles. The van der Waals surface area contributed by atoms with Gasteiger partial charge in [-0.15, -0.1) is 0 Å². The summed E-state index contributed by atoms with van der Waals surface area (Å²) in [7, 11) is 3.54. The third-order valence-corrected chi connectivity index (χ3v) is 6.45. The Kier molecular flexibility index (Phi) is 9.43. The molecule has 0 unspecified atom stereocenters. The van der Waals surface area contributed by atoms with E-state index in [0.717, 1.165) is 12.0 Å². The van der Waals surface area contributed by atoms with Crippen LogP contribution < -0.4 is 21.3 Å². The third-order valence-electron chi connectivity index (χ3n) is 6.45. The van der Waals surface area contributed by atoms with E-state index in [2.05, 4.69) is 21.3 Å². The van der Waals surface area contributed by atoms with Crippen molar-refractivity contribution in [3.05, 3.63) is 35.9 Å². The summed E-state index contributed by atoms with van der Waals surface area (Å²) in [5.41, 5.74) is 0.518. The Bertz CT molecular complexity index is 808. The predicted octanol–water partition coefficient (Wildman–Crippen LogP) is 1.58. The SMILES string of the molecule is CC[C@@H](NC(=O)[C@@H]1C[C@H](NC)CN1C(=O)[C@@H](NC(=O)[C@H](C)NC)C(C)(C)C)c1ccccc1. The fraction of sp³-hybridized carbons (Fsp3) is 0.640. The molecular formula is C25H41N5O3. The second-order valence-corrected chi connectivity index (χ2v) is 9.93. The van der Waals surface area contributed by atoms with Gasteiger partial charge in [0.2, 0.25) is 17.7 Å². The van der Waals surface area contributed by atoms with Crippen LogP contribution in [0.1, 0.15) is 59.1 Å². The lowest BCUT2D eigenvalue weighted by Crippen LogP contribution is -2.59. The van der Waals surface area contributed by atoms with E-state index >= 15 is 0 Å². The van der Waals surface area contributed by atoms with Gasteiger partial charge in [-0.25, -0.2) is 0 Å². The first kappa shape index (κ1) is 26.8. The summed E-state index contributed by atoms with van der Waals surface area (Å²) in [6.07, 6.45) is 1.27. The standard InChI is InChI=1S/C25H41N5O3/c1-8-19(17-12-10-9-11-13-17)28-23(32)20-14-18(27-7)15-30(20)24(33)21(25(3,4)5)29-22(31)16(2)26-6/h9-13,16,18-21,26-27H,8,14-15H2,1-7H3,(H,28,32)(H,29,31)/t16-,18-,19+,20-,21+/m0/s1. The molecule has 1 fully saturated rings. The lowest BCUT2D eigenvalue weighted by Gasteiger charge is -2.36. The summed E-state index contributed by atoms with van der Waals surface area (Å²) in [5.74, 6) is -0.643. The van der Waals surface area contributed by atoms with E-state index in [4.69, 9.17) is 0 Å². The molecular weight excluding hydrogens is 418 g/mol. The molecule has 1 heterocycles. The van der Waals surface area contributed by atoms with E-state index < -0.39 is 23.5 Å². The van der Waals surface area contributed by atoms with Crippen LogP contribution >= 0.6 is 0 Å². The highest BCUT2D eigenvalue weighted by atomic mass is 16.2. The van der Waals surface area contributed by atoms with E-state index in [1.54, 1.807) is 18.9 Å². The zero-order valence-electron chi connectivity index (χ0n) is 21.1. The molecule has 0 spiro atoms.